The predicted molar refractivity (Wildman–Crippen MR) is 161 cm³/mol. The van der Waals surface area contributed by atoms with Crippen molar-refractivity contribution in [3.05, 3.63) is 122 Å². The molecule has 3 aromatic carbocycles. The Hall–Kier alpha value is -5.00. The highest BCUT2D eigenvalue weighted by atomic mass is 19.4. The van der Waals surface area contributed by atoms with Crippen molar-refractivity contribution in [2.24, 2.45) is 0 Å². The van der Waals surface area contributed by atoms with Crippen molar-refractivity contribution in [2.75, 3.05) is 0 Å². The number of carboxylic acids is 1. The van der Waals surface area contributed by atoms with Crippen molar-refractivity contribution >= 4 is 11.9 Å². The monoisotopic (exact) mass is 652 g/mol. The van der Waals surface area contributed by atoms with Crippen LogP contribution in [0.3, 0.4) is 0 Å². The minimum atomic E-state index is -4.86. The van der Waals surface area contributed by atoms with Gasteiger partial charge in [-0.1, -0.05) is 18.2 Å². The molecule has 0 unspecified atom stereocenters. The van der Waals surface area contributed by atoms with E-state index in [-0.39, 0.29) is 23.3 Å². The highest BCUT2D eigenvalue weighted by molar-refractivity contribution is 5.85. The van der Waals surface area contributed by atoms with Crippen molar-refractivity contribution in [1.82, 2.24) is 9.88 Å². The molecular formula is C35H29F5N2O5. The Bertz CT molecular complexity index is 1980. The number of nitrogens with zero attached hydrogens (tertiary/aromatic N) is 1. The van der Waals surface area contributed by atoms with E-state index in [1.54, 1.807) is 18.2 Å². The Kier molecular flexibility index (Phi) is 8.15. The number of aromatic nitrogens is 1. The van der Waals surface area contributed by atoms with Crippen LogP contribution in [0.25, 0.3) is 11.1 Å². The maximum Gasteiger partial charge on any atom is 0.416 e. The summed E-state index contributed by atoms with van der Waals surface area (Å²) in [7, 11) is 0. The molecule has 12 heteroatoms. The normalized spacial score (nSPS) is 18.1. The van der Waals surface area contributed by atoms with Crippen molar-refractivity contribution < 1.29 is 41.4 Å². The number of rotatable bonds is 4. The number of hydrogen-bond donors (Lipinski definition) is 2. The third kappa shape index (κ3) is 6.11. The van der Waals surface area contributed by atoms with Crippen LogP contribution in [0.1, 0.15) is 76.2 Å². The SMILES string of the molecule is Cc1cc2cc(c1F)[C@H](CC(=O)O)NC(=O)[C@H](n1ccc(C(F)(F)F)c(C3CC3)c1=O)c1cc(ccc1F)COc1cccc(C)c1-2. The van der Waals surface area contributed by atoms with E-state index < -0.39 is 70.8 Å². The maximum atomic E-state index is 15.8. The first-order valence-electron chi connectivity index (χ1n) is 14.9. The topological polar surface area (TPSA) is 97.6 Å². The van der Waals surface area contributed by atoms with Crippen LogP contribution in [0.4, 0.5) is 22.0 Å². The van der Waals surface area contributed by atoms with Gasteiger partial charge in [-0.2, -0.15) is 13.2 Å². The number of aryl methyl sites for hydroxylation is 2. The van der Waals surface area contributed by atoms with Gasteiger partial charge < -0.3 is 15.2 Å². The first-order chi connectivity index (χ1) is 22.2. The van der Waals surface area contributed by atoms with E-state index in [9.17, 15) is 32.7 Å². The molecule has 47 heavy (non-hydrogen) atoms. The van der Waals surface area contributed by atoms with Crippen LogP contribution in [-0.2, 0) is 22.4 Å². The summed E-state index contributed by atoms with van der Waals surface area (Å²) in [6.07, 6.45) is -4.21. The molecule has 1 aromatic heterocycles. The molecule has 1 saturated carbocycles. The Morgan fingerprint density at radius 2 is 1.74 bits per heavy atom. The van der Waals surface area contributed by atoms with Crippen LogP contribution in [0.5, 0.6) is 5.75 Å². The first kappa shape index (κ1) is 32.0. The van der Waals surface area contributed by atoms with Crippen LogP contribution in [0.2, 0.25) is 0 Å². The second-order valence-corrected chi connectivity index (χ2v) is 12.0. The average molecular weight is 653 g/mol. The quantitative estimate of drug-likeness (QED) is 0.229. The molecule has 1 fully saturated rings. The van der Waals surface area contributed by atoms with Crippen LogP contribution in [0.15, 0.2) is 65.6 Å². The van der Waals surface area contributed by atoms with Gasteiger partial charge in [-0.15, -0.1) is 0 Å². The Labute approximate surface area is 265 Å². The van der Waals surface area contributed by atoms with Crippen LogP contribution in [-0.4, -0.2) is 21.6 Å². The van der Waals surface area contributed by atoms with Crippen LogP contribution in [0, 0.1) is 25.5 Å². The largest absolute Gasteiger partial charge is 0.488 e. The van der Waals surface area contributed by atoms with Gasteiger partial charge in [0.25, 0.3) is 5.56 Å². The zero-order valence-electron chi connectivity index (χ0n) is 25.3. The minimum Gasteiger partial charge on any atom is -0.488 e. The molecule has 4 aromatic rings. The number of pyridine rings is 1. The number of carbonyl (C=O) groups is 2. The lowest BCUT2D eigenvalue weighted by molar-refractivity contribution is -0.139. The second-order valence-electron chi connectivity index (χ2n) is 12.0. The third-order valence-electron chi connectivity index (χ3n) is 8.60. The molecule has 2 atom stereocenters. The van der Waals surface area contributed by atoms with Gasteiger partial charge in [-0.05, 0) is 91.3 Å². The fourth-order valence-corrected chi connectivity index (χ4v) is 6.24. The van der Waals surface area contributed by atoms with Crippen molar-refractivity contribution in [3.8, 4) is 16.9 Å². The highest BCUT2D eigenvalue weighted by Crippen LogP contribution is 2.44. The van der Waals surface area contributed by atoms with Gasteiger partial charge in [0.1, 0.15) is 30.0 Å². The molecular weight excluding hydrogens is 623 g/mol. The van der Waals surface area contributed by atoms with E-state index in [4.69, 9.17) is 4.74 Å². The number of nitrogens with one attached hydrogen (secondary N) is 1. The Morgan fingerprint density at radius 3 is 2.43 bits per heavy atom. The zero-order valence-corrected chi connectivity index (χ0v) is 25.3. The van der Waals surface area contributed by atoms with E-state index in [0.29, 0.717) is 41.3 Å². The molecule has 7 nitrogen and oxygen atoms in total. The summed E-state index contributed by atoms with van der Waals surface area (Å²) in [6.45, 7) is 3.18. The van der Waals surface area contributed by atoms with Crippen LogP contribution < -0.4 is 15.6 Å². The van der Waals surface area contributed by atoms with Crippen molar-refractivity contribution in [3.63, 3.8) is 0 Å². The number of alkyl halides is 3. The van der Waals surface area contributed by atoms with Crippen LogP contribution >= 0.6 is 0 Å². The lowest BCUT2D eigenvalue weighted by Gasteiger charge is -2.27. The summed E-state index contributed by atoms with van der Waals surface area (Å²) in [6, 6.07) is 9.25. The Balaban J connectivity index is 1.61. The summed E-state index contributed by atoms with van der Waals surface area (Å²) in [4.78, 5) is 40.0. The van der Waals surface area contributed by atoms with Gasteiger partial charge in [0.05, 0.1) is 18.0 Å². The smallest absolute Gasteiger partial charge is 0.416 e. The summed E-state index contributed by atoms with van der Waals surface area (Å²) < 4.78 is 80.3. The first-order valence-corrected chi connectivity index (χ1v) is 14.9. The van der Waals surface area contributed by atoms with E-state index in [0.717, 1.165) is 22.4 Å². The van der Waals surface area contributed by atoms with Gasteiger partial charge in [0.2, 0.25) is 5.91 Å². The molecule has 1 aliphatic heterocycles. The molecule has 244 valence electrons. The number of hydrogen-bond acceptors (Lipinski definition) is 4. The van der Waals surface area contributed by atoms with Gasteiger partial charge in [-0.25, -0.2) is 8.78 Å². The summed E-state index contributed by atoms with van der Waals surface area (Å²) in [5.74, 6) is -4.56. The number of carbonyl (C=O) groups excluding carboxylic acids is 1. The molecule has 2 aliphatic rings. The molecule has 4 bridgehead atoms. The standard InChI is InChI=1S/C35H29F5N2O5/c1-17-4-3-5-27-29(17)21-12-18(2)31(37)23(14-21)26(15-28(43)44)41-33(45)32(22-13-19(16-47-27)6-9-25(22)36)42-11-10-24(35(38,39)40)30(34(42)46)20-7-8-20/h3-6,9-14,20,26,32H,7-8,15-16H2,1-2H3,(H,41,45)(H,43,44)/t26-,32+/m0/s1. The number of halogens is 5. The van der Waals surface area contributed by atoms with E-state index in [1.807, 2.05) is 13.0 Å². The van der Waals surface area contributed by atoms with Gasteiger partial charge in [0, 0.05) is 28.5 Å². The lowest BCUT2D eigenvalue weighted by atomic mass is 9.91. The highest BCUT2D eigenvalue weighted by Gasteiger charge is 2.42. The maximum absolute atomic E-state index is 15.8. The number of benzene rings is 3. The Morgan fingerprint density at radius 1 is 1.00 bits per heavy atom. The van der Waals surface area contributed by atoms with E-state index in [1.165, 1.54) is 25.1 Å². The number of ether oxygens (including phenoxy) is 1. The molecule has 0 spiro atoms. The fraction of sp³-hybridized carbons (Fsp3) is 0.286. The van der Waals surface area contributed by atoms with E-state index >= 15 is 8.78 Å². The van der Waals surface area contributed by atoms with E-state index in [2.05, 4.69) is 5.32 Å². The van der Waals surface area contributed by atoms with Gasteiger partial charge in [0.15, 0.2) is 0 Å². The lowest BCUT2D eigenvalue weighted by Crippen LogP contribution is -2.41. The molecule has 2 N–H and O–H groups in total. The average Bonchev–Trinajstić information content (AvgIpc) is 3.83. The van der Waals surface area contributed by atoms with Crippen molar-refractivity contribution in [1.29, 1.82) is 0 Å². The summed E-state index contributed by atoms with van der Waals surface area (Å²) in [5, 5.41) is 12.3. The predicted octanol–water partition coefficient (Wildman–Crippen LogP) is 7.12. The minimum absolute atomic E-state index is 0.123. The molecule has 2 heterocycles. The molecule has 0 saturated heterocycles. The second kappa shape index (κ2) is 12.0. The number of aliphatic carboxylic acids is 1. The fourth-order valence-electron chi connectivity index (χ4n) is 6.24. The third-order valence-corrected chi connectivity index (χ3v) is 8.60. The van der Waals surface area contributed by atoms with Gasteiger partial charge >= 0.3 is 12.1 Å². The van der Waals surface area contributed by atoms with Gasteiger partial charge in [-0.3, -0.25) is 19.0 Å². The number of amides is 1. The van der Waals surface area contributed by atoms with Crippen molar-refractivity contribution in [2.45, 2.75) is 63.9 Å². The number of fused-ring (bicyclic) bond motifs is 6. The molecule has 6 rings (SSSR count). The summed E-state index contributed by atoms with van der Waals surface area (Å²) >= 11 is 0. The molecule has 1 aliphatic carbocycles. The summed E-state index contributed by atoms with van der Waals surface area (Å²) in [5.41, 5.74) is -0.995. The molecule has 1 amide bonds. The zero-order chi connectivity index (χ0) is 33.8. The number of carboxylic acid groups (broad SMARTS) is 1. The molecule has 0 radical (unpaired) electrons.